The molecule has 0 atom stereocenters. The Morgan fingerprint density at radius 3 is 2.32 bits per heavy atom. The van der Waals surface area contributed by atoms with Crippen molar-refractivity contribution in [2.45, 2.75) is 20.3 Å². The van der Waals surface area contributed by atoms with Crippen LogP contribution >= 0.6 is 0 Å². The van der Waals surface area contributed by atoms with Crippen LogP contribution in [-0.4, -0.2) is 77.4 Å². The van der Waals surface area contributed by atoms with Gasteiger partial charge in [0.05, 0.1) is 13.2 Å². The highest BCUT2D eigenvalue weighted by molar-refractivity contribution is 5.84. The van der Waals surface area contributed by atoms with Gasteiger partial charge in [0.1, 0.15) is 6.54 Å². The van der Waals surface area contributed by atoms with Crippen LogP contribution < -0.4 is 10.6 Å². The number of aliphatic imine (C=N–C) groups is 1. The van der Waals surface area contributed by atoms with Crippen molar-refractivity contribution in [1.82, 2.24) is 15.5 Å². The van der Waals surface area contributed by atoms with E-state index in [4.69, 9.17) is 9.47 Å². The van der Waals surface area contributed by atoms with E-state index < -0.39 is 0 Å². The minimum absolute atomic E-state index is 0.0407. The highest BCUT2D eigenvalue weighted by Crippen LogP contribution is 1.98. The second kappa shape index (κ2) is 13.3. The van der Waals surface area contributed by atoms with Crippen LogP contribution in [-0.2, 0) is 14.3 Å². The summed E-state index contributed by atoms with van der Waals surface area (Å²) in [6.45, 7) is 7.69. The molecular weight excluding hydrogens is 284 g/mol. The molecule has 0 spiro atoms. The van der Waals surface area contributed by atoms with Crippen molar-refractivity contribution in [3.05, 3.63) is 0 Å². The Labute approximate surface area is 134 Å². The fraction of sp³-hybridized carbons (Fsp3) is 0.867. The molecule has 7 nitrogen and oxygen atoms in total. The number of carbonyl (C=O) groups is 1. The van der Waals surface area contributed by atoms with Gasteiger partial charge in [-0.15, -0.1) is 0 Å². The first-order valence-electron chi connectivity index (χ1n) is 7.76. The Balaban J connectivity index is 4.06. The largest absolute Gasteiger partial charge is 0.383 e. The Bertz CT molecular complexity index is 320. The van der Waals surface area contributed by atoms with Crippen molar-refractivity contribution in [2.24, 2.45) is 10.9 Å². The van der Waals surface area contributed by atoms with E-state index in [0.717, 1.165) is 13.0 Å². The monoisotopic (exact) mass is 316 g/mol. The molecule has 0 radical (unpaired) electrons. The summed E-state index contributed by atoms with van der Waals surface area (Å²) in [5.41, 5.74) is 0. The molecule has 0 saturated heterocycles. The fourth-order valence-corrected chi connectivity index (χ4v) is 1.40. The summed E-state index contributed by atoms with van der Waals surface area (Å²) in [4.78, 5) is 17.3. The molecule has 0 aliphatic heterocycles. The van der Waals surface area contributed by atoms with E-state index in [-0.39, 0.29) is 12.5 Å². The van der Waals surface area contributed by atoms with Gasteiger partial charge in [0.2, 0.25) is 5.91 Å². The predicted molar refractivity (Wildman–Crippen MR) is 89.2 cm³/mol. The van der Waals surface area contributed by atoms with Crippen LogP contribution in [0, 0.1) is 5.92 Å². The predicted octanol–water partition coefficient (Wildman–Crippen LogP) is 0.319. The number of nitrogens with one attached hydrogen (secondary N) is 2. The Kier molecular flexibility index (Phi) is 12.5. The maximum Gasteiger partial charge on any atom is 0.243 e. The van der Waals surface area contributed by atoms with Gasteiger partial charge in [0.25, 0.3) is 0 Å². The van der Waals surface area contributed by atoms with Gasteiger partial charge in [-0.2, -0.15) is 0 Å². The summed E-state index contributed by atoms with van der Waals surface area (Å²) in [5.74, 6) is 1.21. The summed E-state index contributed by atoms with van der Waals surface area (Å²) in [7, 11) is 5.07. The molecule has 0 aliphatic carbocycles. The molecule has 0 saturated carbocycles. The molecule has 22 heavy (non-hydrogen) atoms. The number of hydrogen-bond acceptors (Lipinski definition) is 4. The Morgan fingerprint density at radius 2 is 1.77 bits per heavy atom. The summed E-state index contributed by atoms with van der Waals surface area (Å²) in [6.07, 6.45) is 1.06. The second-order valence-electron chi connectivity index (χ2n) is 5.59. The van der Waals surface area contributed by atoms with Gasteiger partial charge in [-0.25, -0.2) is 4.99 Å². The lowest BCUT2D eigenvalue weighted by Crippen LogP contribution is -2.41. The molecular formula is C15H32N4O3. The van der Waals surface area contributed by atoms with Gasteiger partial charge >= 0.3 is 0 Å². The minimum atomic E-state index is -0.0407. The average Bonchev–Trinajstić information content (AvgIpc) is 2.46. The summed E-state index contributed by atoms with van der Waals surface area (Å²) in [6, 6.07) is 0. The van der Waals surface area contributed by atoms with Crippen molar-refractivity contribution in [3.63, 3.8) is 0 Å². The molecule has 7 heteroatoms. The average molecular weight is 316 g/mol. The van der Waals surface area contributed by atoms with E-state index in [9.17, 15) is 4.79 Å². The van der Waals surface area contributed by atoms with E-state index >= 15 is 0 Å². The standard InChI is InChI=1S/C15H32N4O3/c1-13(2)6-9-22-11-8-17-15(16-7-10-21-5)18-12-14(20)19(3)4/h13H,6-12H2,1-5H3,(H2,16,17,18). The number of nitrogens with zero attached hydrogens (tertiary/aromatic N) is 2. The number of likely N-dealkylation sites (N-methyl/N-ethyl adjacent to an activating group) is 1. The van der Waals surface area contributed by atoms with Gasteiger partial charge in [-0.1, -0.05) is 13.8 Å². The third-order valence-corrected chi connectivity index (χ3v) is 2.85. The van der Waals surface area contributed by atoms with E-state index in [0.29, 0.717) is 38.2 Å². The van der Waals surface area contributed by atoms with Crippen LogP contribution in [0.3, 0.4) is 0 Å². The lowest BCUT2D eigenvalue weighted by Gasteiger charge is -2.14. The number of rotatable bonds is 11. The molecule has 0 aromatic heterocycles. The summed E-state index contributed by atoms with van der Waals surface area (Å²) < 4.78 is 10.5. The first kappa shape index (κ1) is 20.7. The van der Waals surface area contributed by atoms with Crippen molar-refractivity contribution in [2.75, 3.05) is 60.7 Å². The van der Waals surface area contributed by atoms with Crippen LogP contribution in [0.4, 0.5) is 0 Å². The molecule has 0 heterocycles. The zero-order chi connectivity index (χ0) is 16.8. The summed E-state index contributed by atoms with van der Waals surface area (Å²) >= 11 is 0. The zero-order valence-corrected chi connectivity index (χ0v) is 14.6. The van der Waals surface area contributed by atoms with Gasteiger partial charge in [0, 0.05) is 40.9 Å². The zero-order valence-electron chi connectivity index (χ0n) is 14.6. The Morgan fingerprint density at radius 1 is 1.14 bits per heavy atom. The topological polar surface area (TPSA) is 75.2 Å². The number of ether oxygens (including phenoxy) is 2. The van der Waals surface area contributed by atoms with Crippen molar-refractivity contribution < 1.29 is 14.3 Å². The molecule has 0 rings (SSSR count). The highest BCUT2D eigenvalue weighted by Gasteiger charge is 2.04. The van der Waals surface area contributed by atoms with E-state index in [1.807, 2.05) is 0 Å². The Hall–Kier alpha value is -1.34. The smallest absolute Gasteiger partial charge is 0.243 e. The van der Waals surface area contributed by atoms with Gasteiger partial charge in [-0.05, 0) is 12.3 Å². The second-order valence-corrected chi connectivity index (χ2v) is 5.59. The van der Waals surface area contributed by atoms with Crippen LogP contribution in [0.15, 0.2) is 4.99 Å². The maximum absolute atomic E-state index is 11.6. The molecule has 130 valence electrons. The van der Waals surface area contributed by atoms with Crippen LogP contribution in [0.2, 0.25) is 0 Å². The fourth-order valence-electron chi connectivity index (χ4n) is 1.40. The van der Waals surface area contributed by atoms with Crippen molar-refractivity contribution in [1.29, 1.82) is 0 Å². The lowest BCUT2D eigenvalue weighted by molar-refractivity contribution is -0.127. The first-order valence-corrected chi connectivity index (χ1v) is 7.76. The first-order chi connectivity index (χ1) is 10.5. The molecule has 0 fully saturated rings. The number of hydrogen-bond donors (Lipinski definition) is 2. The lowest BCUT2D eigenvalue weighted by atomic mass is 10.1. The third kappa shape index (κ3) is 12.4. The van der Waals surface area contributed by atoms with E-state index in [1.165, 1.54) is 4.90 Å². The number of methoxy groups -OCH3 is 1. The molecule has 1 amide bonds. The normalized spacial score (nSPS) is 11.6. The maximum atomic E-state index is 11.6. The van der Waals surface area contributed by atoms with E-state index in [2.05, 4.69) is 29.5 Å². The summed E-state index contributed by atoms with van der Waals surface area (Å²) in [5, 5.41) is 6.26. The molecule has 0 unspecified atom stereocenters. The number of carbonyl (C=O) groups excluding carboxylic acids is 1. The van der Waals surface area contributed by atoms with Crippen molar-refractivity contribution >= 4 is 11.9 Å². The molecule has 0 aromatic rings. The molecule has 2 N–H and O–H groups in total. The van der Waals surface area contributed by atoms with Crippen LogP contribution in [0.1, 0.15) is 20.3 Å². The van der Waals surface area contributed by atoms with Gasteiger partial charge in [0.15, 0.2) is 5.96 Å². The van der Waals surface area contributed by atoms with E-state index in [1.54, 1.807) is 21.2 Å². The quantitative estimate of drug-likeness (QED) is 0.326. The molecule has 0 aromatic carbocycles. The van der Waals surface area contributed by atoms with Gasteiger partial charge in [-0.3, -0.25) is 4.79 Å². The van der Waals surface area contributed by atoms with Crippen LogP contribution in [0.5, 0.6) is 0 Å². The third-order valence-electron chi connectivity index (χ3n) is 2.85. The highest BCUT2D eigenvalue weighted by atomic mass is 16.5. The number of guanidine groups is 1. The minimum Gasteiger partial charge on any atom is -0.383 e. The SMILES string of the molecule is COCCNC(=NCC(=O)N(C)C)NCCOCCC(C)C. The van der Waals surface area contributed by atoms with Crippen molar-refractivity contribution in [3.8, 4) is 0 Å². The molecule has 0 aliphatic rings. The number of amides is 1. The van der Waals surface area contributed by atoms with Crippen LogP contribution in [0.25, 0.3) is 0 Å². The van der Waals surface area contributed by atoms with Gasteiger partial charge < -0.3 is 25.0 Å². The molecule has 0 bridgehead atoms.